The number of morpholine rings is 1. The molecule has 1 aliphatic rings. The molecule has 7 heteroatoms. The number of methoxy groups -OCH3 is 1. The van der Waals surface area contributed by atoms with Crippen molar-refractivity contribution in [2.45, 2.75) is 12.8 Å². The fourth-order valence-corrected chi connectivity index (χ4v) is 2.88. The van der Waals surface area contributed by atoms with Crippen LogP contribution in [0.5, 0.6) is 5.75 Å². The molecule has 0 aliphatic carbocycles. The molecule has 7 nitrogen and oxygen atoms in total. The van der Waals surface area contributed by atoms with Crippen molar-refractivity contribution in [3.63, 3.8) is 0 Å². The quantitative estimate of drug-likeness (QED) is 0.804. The number of hydrogen-bond acceptors (Lipinski definition) is 5. The van der Waals surface area contributed by atoms with Gasteiger partial charge in [-0.25, -0.2) is 0 Å². The molecule has 1 saturated heterocycles. The number of ether oxygens (including phenoxy) is 2. The number of benzene rings is 1. The highest BCUT2D eigenvalue weighted by Gasteiger charge is 2.12. The van der Waals surface area contributed by atoms with Crippen LogP contribution in [-0.4, -0.2) is 61.0 Å². The summed E-state index contributed by atoms with van der Waals surface area (Å²) >= 11 is 0. The van der Waals surface area contributed by atoms with Crippen LogP contribution in [0.15, 0.2) is 30.3 Å². The average Bonchev–Trinajstić information content (AvgIpc) is 3.10. The molecule has 0 unspecified atom stereocenters. The van der Waals surface area contributed by atoms with Gasteiger partial charge in [-0.2, -0.15) is 5.10 Å². The summed E-state index contributed by atoms with van der Waals surface area (Å²) in [4.78, 5) is 14.4. The molecule has 1 aromatic carbocycles. The lowest BCUT2D eigenvalue weighted by atomic mass is 10.1. The van der Waals surface area contributed by atoms with Crippen LogP contribution in [0, 0.1) is 0 Å². The highest BCUT2D eigenvalue weighted by molar-refractivity contribution is 5.90. The molecule has 25 heavy (non-hydrogen) atoms. The van der Waals surface area contributed by atoms with Gasteiger partial charge in [0.1, 0.15) is 11.6 Å². The van der Waals surface area contributed by atoms with Crippen molar-refractivity contribution in [3.8, 4) is 17.0 Å². The minimum atomic E-state index is -0.0107. The molecule has 3 rings (SSSR count). The molecule has 0 spiro atoms. The largest absolute Gasteiger partial charge is 0.496 e. The summed E-state index contributed by atoms with van der Waals surface area (Å²) in [6.45, 7) is 4.39. The number of aromatic nitrogens is 2. The molecule has 1 amide bonds. The minimum Gasteiger partial charge on any atom is -0.496 e. The number of amides is 1. The third-order valence-electron chi connectivity index (χ3n) is 4.22. The molecular formula is C18H24N4O3. The summed E-state index contributed by atoms with van der Waals surface area (Å²) in [6, 6.07) is 9.47. The first-order valence-electron chi connectivity index (χ1n) is 8.55. The molecular weight excluding hydrogens is 320 g/mol. The first-order chi connectivity index (χ1) is 12.3. The predicted octanol–water partition coefficient (Wildman–Crippen LogP) is 2.14. The number of para-hydroxylation sites is 1. The molecule has 0 bridgehead atoms. The van der Waals surface area contributed by atoms with Gasteiger partial charge in [0.2, 0.25) is 5.91 Å². The SMILES string of the molecule is COc1ccccc1-c1cc(NC(=O)CCCN2CCOCC2)[nH]n1. The maximum atomic E-state index is 12.1. The van der Waals surface area contributed by atoms with Gasteiger partial charge < -0.3 is 14.8 Å². The second kappa shape index (κ2) is 8.64. The lowest BCUT2D eigenvalue weighted by molar-refractivity contribution is -0.116. The highest BCUT2D eigenvalue weighted by Crippen LogP contribution is 2.29. The fourth-order valence-electron chi connectivity index (χ4n) is 2.88. The van der Waals surface area contributed by atoms with Crippen molar-refractivity contribution in [2.75, 3.05) is 45.3 Å². The number of carbonyl (C=O) groups excluding carboxylic acids is 1. The van der Waals surface area contributed by atoms with E-state index in [4.69, 9.17) is 9.47 Å². The normalized spacial score (nSPS) is 15.1. The summed E-state index contributed by atoms with van der Waals surface area (Å²) in [6.07, 6.45) is 1.32. The molecule has 2 N–H and O–H groups in total. The molecule has 0 saturated carbocycles. The van der Waals surface area contributed by atoms with Gasteiger partial charge in [0.25, 0.3) is 0 Å². The predicted molar refractivity (Wildman–Crippen MR) is 95.7 cm³/mol. The smallest absolute Gasteiger partial charge is 0.225 e. The van der Waals surface area contributed by atoms with E-state index in [0.29, 0.717) is 12.2 Å². The number of nitrogens with zero attached hydrogens (tertiary/aromatic N) is 2. The summed E-state index contributed by atoms with van der Waals surface area (Å²) in [7, 11) is 1.63. The molecule has 0 atom stereocenters. The third kappa shape index (κ3) is 4.80. The van der Waals surface area contributed by atoms with Gasteiger partial charge in [0, 0.05) is 31.1 Å². The third-order valence-corrected chi connectivity index (χ3v) is 4.22. The van der Waals surface area contributed by atoms with Crippen LogP contribution in [0.2, 0.25) is 0 Å². The fraction of sp³-hybridized carbons (Fsp3) is 0.444. The molecule has 1 aromatic heterocycles. The van der Waals surface area contributed by atoms with E-state index in [1.807, 2.05) is 30.3 Å². The van der Waals surface area contributed by atoms with Crippen LogP contribution in [0.3, 0.4) is 0 Å². The molecule has 0 radical (unpaired) electrons. The minimum absolute atomic E-state index is 0.0107. The Bertz CT molecular complexity index is 695. The van der Waals surface area contributed by atoms with E-state index in [1.54, 1.807) is 7.11 Å². The summed E-state index contributed by atoms with van der Waals surface area (Å²) in [5.74, 6) is 1.33. The standard InChI is InChI=1S/C18H24N4O3/c1-24-16-6-3-2-5-14(16)15-13-17(21-20-15)19-18(23)7-4-8-22-9-11-25-12-10-22/h2-3,5-6,13H,4,7-12H2,1H3,(H2,19,20,21,23). The zero-order valence-corrected chi connectivity index (χ0v) is 14.5. The Balaban J connectivity index is 1.50. The van der Waals surface area contributed by atoms with Gasteiger partial charge in [-0.15, -0.1) is 0 Å². The summed E-state index contributed by atoms with van der Waals surface area (Å²) in [5.41, 5.74) is 1.62. The second-order valence-electron chi connectivity index (χ2n) is 5.97. The number of carbonyl (C=O) groups is 1. The van der Waals surface area contributed by atoms with Crippen LogP contribution < -0.4 is 10.1 Å². The Morgan fingerprint density at radius 2 is 2.16 bits per heavy atom. The Labute approximate surface area is 147 Å². The van der Waals surface area contributed by atoms with Crippen LogP contribution in [0.1, 0.15) is 12.8 Å². The van der Waals surface area contributed by atoms with E-state index in [-0.39, 0.29) is 5.91 Å². The van der Waals surface area contributed by atoms with Crippen LogP contribution in [-0.2, 0) is 9.53 Å². The number of hydrogen-bond donors (Lipinski definition) is 2. The van der Waals surface area contributed by atoms with Crippen LogP contribution in [0.25, 0.3) is 11.3 Å². The number of nitrogens with one attached hydrogen (secondary N) is 2. The number of anilines is 1. The topological polar surface area (TPSA) is 79.5 Å². The van der Waals surface area contributed by atoms with Gasteiger partial charge >= 0.3 is 0 Å². The summed E-state index contributed by atoms with van der Waals surface area (Å²) in [5, 5.41) is 9.99. The highest BCUT2D eigenvalue weighted by atomic mass is 16.5. The van der Waals surface area contributed by atoms with Crippen molar-refractivity contribution >= 4 is 11.7 Å². The molecule has 1 aliphatic heterocycles. The van der Waals surface area contributed by atoms with E-state index in [9.17, 15) is 4.79 Å². The van der Waals surface area contributed by atoms with Gasteiger partial charge in [0.05, 0.1) is 26.0 Å². The monoisotopic (exact) mass is 344 g/mol. The Hall–Kier alpha value is -2.38. The van der Waals surface area contributed by atoms with E-state index in [2.05, 4.69) is 20.4 Å². The van der Waals surface area contributed by atoms with E-state index < -0.39 is 0 Å². The Kier molecular flexibility index (Phi) is 6.03. The van der Waals surface area contributed by atoms with Crippen molar-refractivity contribution < 1.29 is 14.3 Å². The zero-order chi connectivity index (χ0) is 17.5. The van der Waals surface area contributed by atoms with Crippen molar-refractivity contribution in [2.24, 2.45) is 0 Å². The molecule has 1 fully saturated rings. The average molecular weight is 344 g/mol. The number of H-pyrrole nitrogens is 1. The van der Waals surface area contributed by atoms with E-state index in [1.165, 1.54) is 0 Å². The maximum absolute atomic E-state index is 12.1. The van der Waals surface area contributed by atoms with Gasteiger partial charge in [0.15, 0.2) is 0 Å². The van der Waals surface area contributed by atoms with Crippen LogP contribution >= 0.6 is 0 Å². The van der Waals surface area contributed by atoms with E-state index >= 15 is 0 Å². The zero-order valence-electron chi connectivity index (χ0n) is 14.5. The first kappa shape index (κ1) is 17.4. The van der Waals surface area contributed by atoms with E-state index in [0.717, 1.165) is 56.3 Å². The summed E-state index contributed by atoms with van der Waals surface area (Å²) < 4.78 is 10.7. The van der Waals surface area contributed by atoms with Gasteiger partial charge in [-0.1, -0.05) is 12.1 Å². The number of rotatable bonds is 7. The molecule has 2 heterocycles. The van der Waals surface area contributed by atoms with Crippen molar-refractivity contribution in [1.29, 1.82) is 0 Å². The first-order valence-corrected chi connectivity index (χ1v) is 8.55. The van der Waals surface area contributed by atoms with Gasteiger partial charge in [-0.3, -0.25) is 14.8 Å². The Morgan fingerprint density at radius 1 is 1.36 bits per heavy atom. The van der Waals surface area contributed by atoms with Crippen molar-refractivity contribution in [3.05, 3.63) is 30.3 Å². The lowest BCUT2D eigenvalue weighted by Gasteiger charge is -2.26. The molecule has 134 valence electrons. The molecule has 2 aromatic rings. The maximum Gasteiger partial charge on any atom is 0.225 e. The Morgan fingerprint density at radius 3 is 2.96 bits per heavy atom. The second-order valence-corrected chi connectivity index (χ2v) is 5.97. The van der Waals surface area contributed by atoms with Gasteiger partial charge in [-0.05, 0) is 25.1 Å². The van der Waals surface area contributed by atoms with Crippen molar-refractivity contribution in [1.82, 2.24) is 15.1 Å². The lowest BCUT2D eigenvalue weighted by Crippen LogP contribution is -2.37. The number of aromatic amines is 1. The van der Waals surface area contributed by atoms with Crippen LogP contribution in [0.4, 0.5) is 5.82 Å².